The zero-order valence-electron chi connectivity index (χ0n) is 12.7. The maximum atomic E-state index is 9.60. The van der Waals surface area contributed by atoms with E-state index in [2.05, 4.69) is 39.6 Å². The van der Waals surface area contributed by atoms with Gasteiger partial charge in [-0.15, -0.1) is 0 Å². The Morgan fingerprint density at radius 1 is 1.20 bits per heavy atom. The molecule has 0 bridgehead atoms. The van der Waals surface area contributed by atoms with Crippen LogP contribution in [0.1, 0.15) is 33.6 Å². The average molecular weight is 278 g/mol. The van der Waals surface area contributed by atoms with Crippen LogP contribution in [0.15, 0.2) is 30.3 Å². The zero-order valence-corrected chi connectivity index (χ0v) is 12.7. The number of nitrogens with one attached hydrogen (secondary N) is 2. The SMILES string of the molecule is CC(C)(C)OC=O.c1ccc(NC2CCNCC2)cc1. The number of carbonyl (C=O) groups excluding carboxylic acids is 1. The molecule has 1 heterocycles. The lowest BCUT2D eigenvalue weighted by Crippen LogP contribution is -2.35. The quantitative estimate of drug-likeness (QED) is 0.835. The highest BCUT2D eigenvalue weighted by atomic mass is 16.5. The van der Waals surface area contributed by atoms with Gasteiger partial charge in [0.15, 0.2) is 0 Å². The molecular formula is C16H26N2O2. The summed E-state index contributed by atoms with van der Waals surface area (Å²) in [5.41, 5.74) is 0.927. The van der Waals surface area contributed by atoms with Gasteiger partial charge in [0, 0.05) is 11.7 Å². The van der Waals surface area contributed by atoms with Gasteiger partial charge in [0.1, 0.15) is 5.60 Å². The van der Waals surface area contributed by atoms with Gasteiger partial charge >= 0.3 is 0 Å². The number of hydrogen-bond acceptors (Lipinski definition) is 4. The van der Waals surface area contributed by atoms with Gasteiger partial charge in [-0.05, 0) is 58.8 Å². The molecular weight excluding hydrogens is 252 g/mol. The van der Waals surface area contributed by atoms with Crippen LogP contribution in [0.4, 0.5) is 5.69 Å². The molecule has 4 heteroatoms. The lowest BCUT2D eigenvalue weighted by molar-refractivity contribution is -0.138. The van der Waals surface area contributed by atoms with Crippen molar-refractivity contribution in [2.24, 2.45) is 0 Å². The van der Waals surface area contributed by atoms with Crippen LogP contribution >= 0.6 is 0 Å². The molecule has 1 fully saturated rings. The van der Waals surface area contributed by atoms with E-state index >= 15 is 0 Å². The predicted molar refractivity (Wildman–Crippen MR) is 82.9 cm³/mol. The highest BCUT2D eigenvalue weighted by Gasteiger charge is 2.11. The van der Waals surface area contributed by atoms with Gasteiger partial charge < -0.3 is 15.4 Å². The highest BCUT2D eigenvalue weighted by Crippen LogP contribution is 2.12. The third-order valence-corrected chi connectivity index (χ3v) is 2.89. The summed E-state index contributed by atoms with van der Waals surface area (Å²) in [5.74, 6) is 0. The van der Waals surface area contributed by atoms with E-state index in [0.717, 1.165) is 13.1 Å². The number of hydrogen-bond donors (Lipinski definition) is 2. The van der Waals surface area contributed by atoms with Crippen molar-refractivity contribution in [1.29, 1.82) is 0 Å². The summed E-state index contributed by atoms with van der Waals surface area (Å²) in [6.45, 7) is 8.21. The van der Waals surface area contributed by atoms with Gasteiger partial charge in [0.25, 0.3) is 6.47 Å². The van der Waals surface area contributed by atoms with E-state index in [1.54, 1.807) is 0 Å². The first-order valence-electron chi connectivity index (χ1n) is 7.15. The second kappa shape index (κ2) is 8.59. The van der Waals surface area contributed by atoms with Crippen LogP contribution in [0.3, 0.4) is 0 Å². The molecule has 2 rings (SSSR count). The Hall–Kier alpha value is -1.55. The van der Waals surface area contributed by atoms with E-state index in [1.807, 2.05) is 26.8 Å². The number of benzene rings is 1. The number of anilines is 1. The van der Waals surface area contributed by atoms with Crippen LogP contribution in [-0.2, 0) is 9.53 Å². The molecule has 0 aromatic heterocycles. The highest BCUT2D eigenvalue weighted by molar-refractivity contribution is 5.43. The van der Waals surface area contributed by atoms with E-state index in [0.29, 0.717) is 12.5 Å². The van der Waals surface area contributed by atoms with Crippen molar-refractivity contribution in [3.63, 3.8) is 0 Å². The van der Waals surface area contributed by atoms with E-state index in [1.165, 1.54) is 18.5 Å². The topological polar surface area (TPSA) is 50.4 Å². The third kappa shape index (κ3) is 7.79. The number of para-hydroxylation sites is 1. The average Bonchev–Trinajstić information content (AvgIpc) is 2.40. The molecule has 20 heavy (non-hydrogen) atoms. The van der Waals surface area contributed by atoms with Gasteiger partial charge in [0.05, 0.1) is 0 Å². The Labute approximate surface area is 121 Å². The largest absolute Gasteiger partial charge is 0.462 e. The van der Waals surface area contributed by atoms with Crippen molar-refractivity contribution in [3.8, 4) is 0 Å². The summed E-state index contributed by atoms with van der Waals surface area (Å²) >= 11 is 0. The summed E-state index contributed by atoms with van der Waals surface area (Å²) in [6, 6.07) is 11.1. The van der Waals surface area contributed by atoms with Crippen molar-refractivity contribution in [3.05, 3.63) is 30.3 Å². The Morgan fingerprint density at radius 3 is 2.25 bits per heavy atom. The van der Waals surface area contributed by atoms with Gasteiger partial charge in [-0.25, -0.2) is 0 Å². The second-order valence-corrected chi connectivity index (χ2v) is 5.86. The normalized spacial score (nSPS) is 15.8. The number of rotatable bonds is 3. The van der Waals surface area contributed by atoms with Gasteiger partial charge in [-0.2, -0.15) is 0 Å². The van der Waals surface area contributed by atoms with E-state index in [-0.39, 0.29) is 5.60 Å². The summed E-state index contributed by atoms with van der Waals surface area (Å²) < 4.78 is 4.55. The molecule has 1 saturated heterocycles. The van der Waals surface area contributed by atoms with Gasteiger partial charge in [0.2, 0.25) is 0 Å². The van der Waals surface area contributed by atoms with Crippen molar-refractivity contribution in [1.82, 2.24) is 5.32 Å². The fraction of sp³-hybridized carbons (Fsp3) is 0.562. The third-order valence-electron chi connectivity index (χ3n) is 2.89. The van der Waals surface area contributed by atoms with E-state index in [4.69, 9.17) is 0 Å². The Bertz CT molecular complexity index is 368. The smallest absolute Gasteiger partial charge is 0.293 e. The Kier molecular flexibility index (Phi) is 7.09. The lowest BCUT2D eigenvalue weighted by Gasteiger charge is -2.24. The van der Waals surface area contributed by atoms with Crippen LogP contribution in [0, 0.1) is 0 Å². The van der Waals surface area contributed by atoms with Crippen LogP contribution in [0.5, 0.6) is 0 Å². The summed E-state index contributed by atoms with van der Waals surface area (Å²) in [5, 5.41) is 6.90. The van der Waals surface area contributed by atoms with Crippen LogP contribution in [-0.4, -0.2) is 31.2 Å². The first-order chi connectivity index (χ1) is 9.51. The molecule has 0 aliphatic carbocycles. The molecule has 0 saturated carbocycles. The monoisotopic (exact) mass is 278 g/mol. The molecule has 112 valence electrons. The molecule has 0 radical (unpaired) electrons. The van der Waals surface area contributed by atoms with Crippen LogP contribution < -0.4 is 10.6 Å². The fourth-order valence-corrected chi connectivity index (χ4v) is 1.88. The van der Waals surface area contributed by atoms with Crippen molar-refractivity contribution in [2.45, 2.75) is 45.3 Å². The number of piperidine rings is 1. The maximum absolute atomic E-state index is 9.60. The minimum absolute atomic E-state index is 0.318. The molecule has 0 spiro atoms. The maximum Gasteiger partial charge on any atom is 0.293 e. The molecule has 0 atom stereocenters. The molecule has 1 aromatic rings. The first kappa shape index (κ1) is 16.5. The zero-order chi connectivity index (χ0) is 14.8. The lowest BCUT2D eigenvalue weighted by atomic mass is 10.1. The molecule has 4 nitrogen and oxygen atoms in total. The van der Waals surface area contributed by atoms with Gasteiger partial charge in [-0.3, -0.25) is 4.79 Å². The van der Waals surface area contributed by atoms with Crippen LogP contribution in [0.2, 0.25) is 0 Å². The minimum atomic E-state index is -0.318. The summed E-state index contributed by atoms with van der Waals surface area (Å²) in [6.07, 6.45) is 2.46. The molecule has 0 unspecified atom stereocenters. The molecule has 1 aliphatic rings. The van der Waals surface area contributed by atoms with Crippen LogP contribution in [0.25, 0.3) is 0 Å². The summed E-state index contributed by atoms with van der Waals surface area (Å²) in [4.78, 5) is 9.60. The second-order valence-electron chi connectivity index (χ2n) is 5.86. The molecule has 1 aliphatic heterocycles. The number of ether oxygens (including phenoxy) is 1. The van der Waals surface area contributed by atoms with E-state index < -0.39 is 0 Å². The minimum Gasteiger partial charge on any atom is -0.462 e. The number of carbonyl (C=O) groups is 1. The molecule has 0 amide bonds. The van der Waals surface area contributed by atoms with Crippen molar-refractivity contribution < 1.29 is 9.53 Å². The standard InChI is InChI=1S/C11H16N2.C5H10O2/c1-2-4-10(5-3-1)13-11-6-8-12-9-7-11;1-5(2,3)7-4-6/h1-5,11-13H,6-9H2;4H,1-3H3. The molecule has 2 N–H and O–H groups in total. The Morgan fingerprint density at radius 2 is 1.80 bits per heavy atom. The van der Waals surface area contributed by atoms with E-state index in [9.17, 15) is 4.79 Å². The molecule has 1 aromatic carbocycles. The summed E-state index contributed by atoms with van der Waals surface area (Å²) in [7, 11) is 0. The van der Waals surface area contributed by atoms with Crippen molar-refractivity contribution in [2.75, 3.05) is 18.4 Å². The van der Waals surface area contributed by atoms with Gasteiger partial charge in [-0.1, -0.05) is 18.2 Å². The predicted octanol–water partition coefficient (Wildman–Crippen LogP) is 2.81. The fourth-order valence-electron chi connectivity index (χ4n) is 1.88. The van der Waals surface area contributed by atoms with Crippen molar-refractivity contribution >= 4 is 12.2 Å². The Balaban J connectivity index is 0.000000246. The first-order valence-corrected chi connectivity index (χ1v) is 7.15.